The third-order valence-corrected chi connectivity index (χ3v) is 4.70. The van der Waals surface area contributed by atoms with Crippen LogP contribution in [0.2, 0.25) is 0 Å². The zero-order valence-corrected chi connectivity index (χ0v) is 15.3. The second-order valence-electron chi connectivity index (χ2n) is 6.68. The van der Waals surface area contributed by atoms with Crippen LogP contribution in [-0.2, 0) is 9.59 Å². The Morgan fingerprint density at radius 3 is 2.32 bits per heavy atom. The molecule has 1 fully saturated rings. The number of carbonyl (C=O) groups excluding carboxylic acids is 3. The van der Waals surface area contributed by atoms with Crippen LogP contribution >= 0.6 is 0 Å². The number of rotatable bonds is 6. The van der Waals surface area contributed by atoms with Crippen molar-refractivity contribution in [2.75, 3.05) is 39.8 Å². The molecular weight excluding hydrogens is 318 g/mol. The number of likely N-dealkylation sites (N-methyl/N-ethyl adjacent to an activating group) is 1. The highest BCUT2D eigenvalue weighted by molar-refractivity contribution is 5.98. The molecule has 2 rings (SSSR count). The van der Waals surface area contributed by atoms with Crippen molar-refractivity contribution in [2.24, 2.45) is 0 Å². The molecule has 1 N–H and O–H groups in total. The van der Waals surface area contributed by atoms with Crippen LogP contribution in [0, 0.1) is 13.8 Å². The van der Waals surface area contributed by atoms with Gasteiger partial charge in [0.2, 0.25) is 11.8 Å². The summed E-state index contributed by atoms with van der Waals surface area (Å²) in [5, 5.41) is 2.62. The molecule has 6 heteroatoms. The average molecular weight is 345 g/mol. The van der Waals surface area contributed by atoms with Crippen LogP contribution in [0.4, 0.5) is 0 Å². The molecule has 1 aliphatic heterocycles. The van der Waals surface area contributed by atoms with Crippen LogP contribution in [0.1, 0.15) is 34.3 Å². The van der Waals surface area contributed by atoms with Crippen molar-refractivity contribution in [2.45, 2.75) is 26.7 Å². The molecule has 1 aromatic rings. The minimum atomic E-state index is -0.264. The second kappa shape index (κ2) is 8.76. The lowest BCUT2D eigenvalue weighted by Crippen LogP contribution is -2.50. The van der Waals surface area contributed by atoms with Crippen LogP contribution in [0.5, 0.6) is 0 Å². The predicted molar refractivity (Wildman–Crippen MR) is 96.6 cm³/mol. The molecule has 1 aromatic carbocycles. The van der Waals surface area contributed by atoms with Gasteiger partial charge in [-0.25, -0.2) is 0 Å². The van der Waals surface area contributed by atoms with Gasteiger partial charge in [0.15, 0.2) is 5.78 Å². The lowest BCUT2D eigenvalue weighted by atomic mass is 10.0. The number of piperazine rings is 1. The Morgan fingerprint density at radius 1 is 1.00 bits per heavy atom. The summed E-state index contributed by atoms with van der Waals surface area (Å²) in [4.78, 5) is 40.1. The fourth-order valence-corrected chi connectivity index (χ4v) is 2.72. The first kappa shape index (κ1) is 19.1. The molecule has 1 heterocycles. The molecule has 136 valence electrons. The minimum absolute atomic E-state index is 0.000375. The Balaban J connectivity index is 1.72. The van der Waals surface area contributed by atoms with Crippen LogP contribution in [0.15, 0.2) is 18.2 Å². The number of nitrogens with zero attached hydrogens (tertiary/aromatic N) is 2. The van der Waals surface area contributed by atoms with Gasteiger partial charge in [-0.3, -0.25) is 14.4 Å². The lowest BCUT2D eigenvalue weighted by molar-refractivity contribution is -0.134. The van der Waals surface area contributed by atoms with E-state index in [-0.39, 0.29) is 37.0 Å². The summed E-state index contributed by atoms with van der Waals surface area (Å²) in [7, 11) is 2.02. The maximum absolute atomic E-state index is 12.2. The van der Waals surface area contributed by atoms with Crippen molar-refractivity contribution in [1.29, 1.82) is 0 Å². The Kier molecular flexibility index (Phi) is 6.70. The molecule has 0 aromatic heterocycles. The Morgan fingerprint density at radius 2 is 1.68 bits per heavy atom. The Bertz CT molecular complexity index is 649. The molecule has 6 nitrogen and oxygen atoms in total. The number of carbonyl (C=O) groups is 3. The van der Waals surface area contributed by atoms with E-state index < -0.39 is 0 Å². The molecule has 0 aliphatic carbocycles. The maximum atomic E-state index is 12.2. The van der Waals surface area contributed by atoms with Gasteiger partial charge in [-0.05, 0) is 38.1 Å². The summed E-state index contributed by atoms with van der Waals surface area (Å²) in [5.74, 6) is -0.384. The number of aryl methyl sites for hydroxylation is 2. The highest BCUT2D eigenvalue weighted by atomic mass is 16.2. The second-order valence-corrected chi connectivity index (χ2v) is 6.68. The van der Waals surface area contributed by atoms with E-state index >= 15 is 0 Å². The summed E-state index contributed by atoms with van der Waals surface area (Å²) < 4.78 is 0. The van der Waals surface area contributed by atoms with Crippen molar-refractivity contribution < 1.29 is 14.4 Å². The van der Waals surface area contributed by atoms with E-state index in [1.54, 1.807) is 11.0 Å². The summed E-state index contributed by atoms with van der Waals surface area (Å²) >= 11 is 0. The summed E-state index contributed by atoms with van der Waals surface area (Å²) in [6.45, 7) is 7.04. The molecule has 1 aliphatic rings. The largest absolute Gasteiger partial charge is 0.347 e. The van der Waals surface area contributed by atoms with Crippen molar-refractivity contribution in [1.82, 2.24) is 15.1 Å². The van der Waals surface area contributed by atoms with E-state index in [0.717, 1.165) is 24.2 Å². The quantitative estimate of drug-likeness (QED) is 0.786. The van der Waals surface area contributed by atoms with Gasteiger partial charge in [-0.2, -0.15) is 0 Å². The molecule has 0 saturated carbocycles. The molecule has 25 heavy (non-hydrogen) atoms. The minimum Gasteiger partial charge on any atom is -0.347 e. The number of hydrogen-bond donors (Lipinski definition) is 1. The van der Waals surface area contributed by atoms with E-state index in [2.05, 4.69) is 10.2 Å². The number of benzene rings is 1. The number of hydrogen-bond acceptors (Lipinski definition) is 4. The summed E-state index contributed by atoms with van der Waals surface area (Å²) in [5.41, 5.74) is 2.83. The third kappa shape index (κ3) is 5.67. The monoisotopic (exact) mass is 345 g/mol. The van der Waals surface area contributed by atoms with Crippen molar-refractivity contribution in [3.63, 3.8) is 0 Å². The molecule has 2 amide bonds. The molecule has 0 bridgehead atoms. The van der Waals surface area contributed by atoms with Gasteiger partial charge in [-0.1, -0.05) is 12.1 Å². The van der Waals surface area contributed by atoms with Gasteiger partial charge >= 0.3 is 0 Å². The highest BCUT2D eigenvalue weighted by Gasteiger charge is 2.19. The van der Waals surface area contributed by atoms with Gasteiger partial charge < -0.3 is 15.1 Å². The maximum Gasteiger partial charge on any atom is 0.242 e. The lowest BCUT2D eigenvalue weighted by Gasteiger charge is -2.32. The first-order valence-electron chi connectivity index (χ1n) is 8.70. The summed E-state index contributed by atoms with van der Waals surface area (Å²) in [6.07, 6.45) is 0.249. The van der Waals surface area contributed by atoms with Crippen LogP contribution in [0.3, 0.4) is 0 Å². The van der Waals surface area contributed by atoms with E-state index in [1.165, 1.54) is 0 Å². The fraction of sp³-hybridized carbons (Fsp3) is 0.526. The van der Waals surface area contributed by atoms with E-state index in [1.807, 2.05) is 33.0 Å². The number of amides is 2. The van der Waals surface area contributed by atoms with Gasteiger partial charge in [0.1, 0.15) is 0 Å². The number of ketones is 1. The van der Waals surface area contributed by atoms with Crippen LogP contribution in [0.25, 0.3) is 0 Å². The van der Waals surface area contributed by atoms with Crippen LogP contribution in [-0.4, -0.2) is 67.2 Å². The average Bonchev–Trinajstić information content (AvgIpc) is 2.60. The topological polar surface area (TPSA) is 69.7 Å². The third-order valence-electron chi connectivity index (χ3n) is 4.70. The molecular formula is C19H27N3O3. The smallest absolute Gasteiger partial charge is 0.242 e. The standard InChI is InChI=1S/C19H27N3O3/c1-14-4-5-16(12-15(14)2)17(23)6-7-18(24)20-13-19(25)22-10-8-21(3)9-11-22/h4-5,12H,6-11,13H2,1-3H3,(H,20,24). The molecule has 0 unspecified atom stereocenters. The zero-order valence-electron chi connectivity index (χ0n) is 15.3. The van der Waals surface area contributed by atoms with E-state index in [4.69, 9.17) is 0 Å². The first-order valence-corrected chi connectivity index (χ1v) is 8.70. The first-order chi connectivity index (χ1) is 11.9. The molecule has 0 radical (unpaired) electrons. The van der Waals surface area contributed by atoms with Gasteiger partial charge in [0.25, 0.3) is 0 Å². The fourth-order valence-electron chi connectivity index (χ4n) is 2.72. The Labute approximate surface area is 149 Å². The normalized spacial score (nSPS) is 15.1. The highest BCUT2D eigenvalue weighted by Crippen LogP contribution is 2.12. The Hall–Kier alpha value is -2.21. The van der Waals surface area contributed by atoms with Crippen molar-refractivity contribution >= 4 is 17.6 Å². The number of nitrogens with one attached hydrogen (secondary N) is 1. The van der Waals surface area contributed by atoms with Crippen LogP contribution < -0.4 is 5.32 Å². The predicted octanol–water partition coefficient (Wildman–Crippen LogP) is 1.16. The van der Waals surface area contributed by atoms with E-state index in [9.17, 15) is 14.4 Å². The van der Waals surface area contributed by atoms with Crippen molar-refractivity contribution in [3.05, 3.63) is 34.9 Å². The zero-order chi connectivity index (χ0) is 18.4. The number of Topliss-reactive ketones (excluding diaryl/α,β-unsaturated/α-hetero) is 1. The summed E-state index contributed by atoms with van der Waals surface area (Å²) in [6, 6.07) is 5.56. The van der Waals surface area contributed by atoms with Crippen molar-refractivity contribution in [3.8, 4) is 0 Å². The molecule has 0 atom stereocenters. The van der Waals surface area contributed by atoms with Gasteiger partial charge in [-0.15, -0.1) is 0 Å². The molecule has 0 spiro atoms. The molecule has 1 saturated heterocycles. The van der Waals surface area contributed by atoms with Gasteiger partial charge in [0.05, 0.1) is 6.54 Å². The van der Waals surface area contributed by atoms with Gasteiger partial charge in [0, 0.05) is 44.6 Å². The van der Waals surface area contributed by atoms with E-state index in [0.29, 0.717) is 18.7 Å². The SMILES string of the molecule is Cc1ccc(C(=O)CCC(=O)NCC(=O)N2CCN(C)CC2)cc1C.